The number of nitrogens with zero attached hydrogens (tertiary/aromatic N) is 1. The zero-order valence-corrected chi connectivity index (χ0v) is 11.2. The largest absolute Gasteiger partial charge is 0.493 e. The van der Waals surface area contributed by atoms with E-state index in [4.69, 9.17) is 4.74 Å². The van der Waals surface area contributed by atoms with Crippen molar-refractivity contribution in [3.8, 4) is 11.8 Å². The van der Waals surface area contributed by atoms with E-state index >= 15 is 0 Å². The average Bonchev–Trinajstić information content (AvgIpc) is 2.97. The van der Waals surface area contributed by atoms with Crippen LogP contribution in [-0.4, -0.2) is 12.4 Å². The van der Waals surface area contributed by atoms with Gasteiger partial charge >= 0.3 is 0 Å². The molecule has 0 amide bonds. The zero-order chi connectivity index (χ0) is 14.8. The van der Waals surface area contributed by atoms with Crippen LogP contribution in [0.2, 0.25) is 0 Å². The maximum atomic E-state index is 12.9. The molecular formula is C17H12FNO2. The fraction of sp³-hybridized carbons (Fsp3) is 0.176. The summed E-state index contributed by atoms with van der Waals surface area (Å²) in [5, 5.41) is 9.28. The van der Waals surface area contributed by atoms with Gasteiger partial charge in [-0.05, 0) is 41.5 Å². The van der Waals surface area contributed by atoms with Gasteiger partial charge in [0.25, 0.3) is 0 Å². The highest BCUT2D eigenvalue weighted by Crippen LogP contribution is 2.28. The standard InChI is InChI=1S/C17H12FNO2/c18-14-4-1-11(2-5-14)15(10-19)17(20)13-3-6-16-12(9-13)7-8-21-16/h1-6,9,15H,7-8H2. The third-order valence-electron chi connectivity index (χ3n) is 3.57. The van der Waals surface area contributed by atoms with E-state index in [0.717, 1.165) is 17.7 Å². The van der Waals surface area contributed by atoms with E-state index in [1.807, 2.05) is 6.07 Å². The predicted molar refractivity (Wildman–Crippen MR) is 74.7 cm³/mol. The maximum absolute atomic E-state index is 12.9. The molecule has 1 unspecified atom stereocenters. The number of nitriles is 1. The lowest BCUT2D eigenvalue weighted by Gasteiger charge is -2.09. The second kappa shape index (κ2) is 5.37. The van der Waals surface area contributed by atoms with Crippen molar-refractivity contribution in [3.05, 3.63) is 65.0 Å². The van der Waals surface area contributed by atoms with Gasteiger partial charge in [-0.2, -0.15) is 5.26 Å². The number of carbonyl (C=O) groups is 1. The topological polar surface area (TPSA) is 50.1 Å². The van der Waals surface area contributed by atoms with Crippen LogP contribution < -0.4 is 4.74 Å². The molecule has 0 saturated carbocycles. The van der Waals surface area contributed by atoms with Crippen molar-refractivity contribution in [2.45, 2.75) is 12.3 Å². The first-order valence-corrected chi connectivity index (χ1v) is 6.64. The Labute approximate surface area is 121 Å². The van der Waals surface area contributed by atoms with Crippen LogP contribution in [0.1, 0.15) is 27.4 Å². The molecule has 4 heteroatoms. The monoisotopic (exact) mass is 281 g/mol. The van der Waals surface area contributed by atoms with Crippen molar-refractivity contribution in [2.24, 2.45) is 0 Å². The number of ether oxygens (including phenoxy) is 1. The predicted octanol–water partition coefficient (Wildman–Crippen LogP) is 3.25. The first-order chi connectivity index (χ1) is 10.2. The SMILES string of the molecule is N#CC(C(=O)c1ccc2c(c1)CCO2)c1ccc(F)cc1. The molecule has 0 spiro atoms. The third kappa shape index (κ3) is 2.50. The van der Waals surface area contributed by atoms with E-state index in [1.54, 1.807) is 18.2 Å². The summed E-state index contributed by atoms with van der Waals surface area (Å²) in [5.41, 5.74) is 1.97. The zero-order valence-electron chi connectivity index (χ0n) is 11.2. The number of halogens is 1. The number of rotatable bonds is 3. The molecule has 1 heterocycles. The van der Waals surface area contributed by atoms with E-state index in [9.17, 15) is 14.4 Å². The first-order valence-electron chi connectivity index (χ1n) is 6.64. The molecule has 104 valence electrons. The summed E-state index contributed by atoms with van der Waals surface area (Å²) in [6.45, 7) is 0.618. The van der Waals surface area contributed by atoms with Gasteiger partial charge in [0.1, 0.15) is 17.5 Å². The molecule has 2 aromatic rings. The van der Waals surface area contributed by atoms with Gasteiger partial charge in [-0.25, -0.2) is 4.39 Å². The molecule has 21 heavy (non-hydrogen) atoms. The molecule has 1 atom stereocenters. The summed E-state index contributed by atoms with van der Waals surface area (Å²) < 4.78 is 18.3. The molecule has 1 aliphatic rings. The number of benzene rings is 2. The summed E-state index contributed by atoms with van der Waals surface area (Å²) in [7, 11) is 0. The molecule has 0 saturated heterocycles. The molecule has 3 rings (SSSR count). The van der Waals surface area contributed by atoms with E-state index in [0.29, 0.717) is 17.7 Å². The highest BCUT2D eigenvalue weighted by Gasteiger charge is 2.23. The smallest absolute Gasteiger partial charge is 0.184 e. The van der Waals surface area contributed by atoms with Gasteiger partial charge < -0.3 is 4.74 Å². The lowest BCUT2D eigenvalue weighted by atomic mass is 9.91. The Hall–Kier alpha value is -2.67. The second-order valence-corrected chi connectivity index (χ2v) is 4.90. The number of fused-ring (bicyclic) bond motifs is 1. The Morgan fingerprint density at radius 1 is 1.24 bits per heavy atom. The molecule has 0 aromatic heterocycles. The Morgan fingerprint density at radius 3 is 2.71 bits per heavy atom. The lowest BCUT2D eigenvalue weighted by Crippen LogP contribution is -2.11. The van der Waals surface area contributed by atoms with Crippen molar-refractivity contribution >= 4 is 5.78 Å². The van der Waals surface area contributed by atoms with Crippen LogP contribution in [0.25, 0.3) is 0 Å². The lowest BCUT2D eigenvalue weighted by molar-refractivity contribution is 0.0978. The van der Waals surface area contributed by atoms with Crippen LogP contribution in [0.4, 0.5) is 4.39 Å². The van der Waals surface area contributed by atoms with Crippen molar-refractivity contribution in [3.63, 3.8) is 0 Å². The minimum absolute atomic E-state index is 0.279. The van der Waals surface area contributed by atoms with E-state index in [1.165, 1.54) is 24.3 Å². The fourth-order valence-corrected chi connectivity index (χ4v) is 2.45. The van der Waals surface area contributed by atoms with E-state index in [2.05, 4.69) is 0 Å². The number of carbonyl (C=O) groups excluding carboxylic acids is 1. The van der Waals surface area contributed by atoms with Crippen LogP contribution in [0, 0.1) is 17.1 Å². The molecule has 0 fully saturated rings. The van der Waals surface area contributed by atoms with Crippen LogP contribution in [0.5, 0.6) is 5.75 Å². The first kappa shape index (κ1) is 13.3. The van der Waals surface area contributed by atoms with Crippen molar-refractivity contribution in [1.29, 1.82) is 5.26 Å². The minimum Gasteiger partial charge on any atom is -0.493 e. The average molecular weight is 281 g/mol. The van der Waals surface area contributed by atoms with Gasteiger partial charge in [0.05, 0.1) is 12.7 Å². The number of hydrogen-bond acceptors (Lipinski definition) is 3. The second-order valence-electron chi connectivity index (χ2n) is 4.90. The van der Waals surface area contributed by atoms with Crippen molar-refractivity contribution < 1.29 is 13.9 Å². The Kier molecular flexibility index (Phi) is 3.41. The van der Waals surface area contributed by atoms with Crippen LogP contribution in [0.3, 0.4) is 0 Å². The normalized spacial score (nSPS) is 13.9. The molecule has 3 nitrogen and oxygen atoms in total. The van der Waals surface area contributed by atoms with E-state index in [-0.39, 0.29) is 5.78 Å². The van der Waals surface area contributed by atoms with E-state index < -0.39 is 11.7 Å². The molecule has 0 N–H and O–H groups in total. The third-order valence-corrected chi connectivity index (χ3v) is 3.57. The Bertz CT molecular complexity index is 731. The maximum Gasteiger partial charge on any atom is 0.184 e. The Morgan fingerprint density at radius 2 is 2.00 bits per heavy atom. The molecule has 0 radical (unpaired) electrons. The number of ketones is 1. The summed E-state index contributed by atoms with van der Waals surface area (Å²) in [6, 6.07) is 12.6. The molecule has 0 aliphatic carbocycles. The minimum atomic E-state index is -0.925. The van der Waals surface area contributed by atoms with Crippen molar-refractivity contribution in [2.75, 3.05) is 6.61 Å². The van der Waals surface area contributed by atoms with Crippen molar-refractivity contribution in [1.82, 2.24) is 0 Å². The van der Waals surface area contributed by atoms with Gasteiger partial charge in [0, 0.05) is 12.0 Å². The van der Waals surface area contributed by atoms with Gasteiger partial charge in [-0.1, -0.05) is 12.1 Å². The Balaban J connectivity index is 1.92. The van der Waals surface area contributed by atoms with Crippen LogP contribution in [-0.2, 0) is 6.42 Å². The van der Waals surface area contributed by atoms with Gasteiger partial charge in [0.2, 0.25) is 0 Å². The quantitative estimate of drug-likeness (QED) is 0.811. The summed E-state index contributed by atoms with van der Waals surface area (Å²) >= 11 is 0. The highest BCUT2D eigenvalue weighted by atomic mass is 19.1. The molecular weight excluding hydrogens is 269 g/mol. The fourth-order valence-electron chi connectivity index (χ4n) is 2.45. The summed E-state index contributed by atoms with van der Waals surface area (Å²) in [4.78, 5) is 12.5. The molecule has 2 aromatic carbocycles. The highest BCUT2D eigenvalue weighted by molar-refractivity contribution is 6.03. The van der Waals surface area contributed by atoms with Crippen LogP contribution in [0.15, 0.2) is 42.5 Å². The summed E-state index contributed by atoms with van der Waals surface area (Å²) in [5.74, 6) is -0.802. The molecule has 0 bridgehead atoms. The van der Waals surface area contributed by atoms with Gasteiger partial charge in [-0.15, -0.1) is 0 Å². The van der Waals surface area contributed by atoms with Gasteiger partial charge in [-0.3, -0.25) is 4.79 Å². The number of Topliss-reactive ketones (excluding diaryl/α,β-unsaturated/α-hetero) is 1. The van der Waals surface area contributed by atoms with Gasteiger partial charge in [0.15, 0.2) is 5.78 Å². The number of hydrogen-bond donors (Lipinski definition) is 0. The molecule has 1 aliphatic heterocycles. The van der Waals surface area contributed by atoms with Crippen LogP contribution >= 0.6 is 0 Å². The summed E-state index contributed by atoms with van der Waals surface area (Å²) in [6.07, 6.45) is 0.768.